The zero-order chi connectivity index (χ0) is 26.9. The number of ether oxygens (including phenoxy) is 4. The van der Waals surface area contributed by atoms with Gasteiger partial charge in [-0.3, -0.25) is 14.4 Å². The molecule has 1 heterocycles. The first-order chi connectivity index (χ1) is 17.6. The smallest absolute Gasteiger partial charge is 0.302 e. The Kier molecular flexibility index (Phi) is 7.50. The van der Waals surface area contributed by atoms with Crippen LogP contribution in [-0.2, 0) is 24.7 Å². The summed E-state index contributed by atoms with van der Waals surface area (Å²) in [5.41, 5.74) is 0.132. The van der Waals surface area contributed by atoms with E-state index in [1.807, 2.05) is 30.3 Å². The number of esters is 1. The SMILES string of the molecule is COc1cc(OC)c(C(=O)C2C3=C(CC(CCOC(C)=O)(c4ccccc4)O3)C(=O)CC2C)c(O)c1Cl. The van der Waals surface area contributed by atoms with E-state index >= 15 is 0 Å². The van der Waals surface area contributed by atoms with Gasteiger partial charge in [-0.2, -0.15) is 0 Å². The normalized spacial score (nSPS) is 22.8. The summed E-state index contributed by atoms with van der Waals surface area (Å²) in [4.78, 5) is 38.6. The minimum absolute atomic E-state index is 0.0792. The Morgan fingerprint density at radius 3 is 2.46 bits per heavy atom. The third-order valence-corrected chi connectivity index (χ3v) is 7.38. The molecule has 0 saturated heterocycles. The number of Topliss-reactive ketones (excluding diaryl/α,β-unsaturated/α-hetero) is 2. The zero-order valence-corrected chi connectivity index (χ0v) is 21.9. The summed E-state index contributed by atoms with van der Waals surface area (Å²) in [5, 5.41) is 10.7. The number of ketones is 2. The van der Waals surface area contributed by atoms with Crippen LogP contribution in [0.5, 0.6) is 17.2 Å². The highest BCUT2D eigenvalue weighted by molar-refractivity contribution is 6.34. The van der Waals surface area contributed by atoms with Crippen LogP contribution in [0.2, 0.25) is 5.02 Å². The van der Waals surface area contributed by atoms with E-state index in [4.69, 9.17) is 30.5 Å². The molecule has 1 aliphatic carbocycles. The molecule has 3 unspecified atom stereocenters. The highest BCUT2D eigenvalue weighted by Crippen LogP contribution is 2.53. The number of carbonyl (C=O) groups excluding carboxylic acids is 3. The minimum Gasteiger partial charge on any atom is -0.505 e. The van der Waals surface area contributed by atoms with Crippen molar-refractivity contribution in [2.24, 2.45) is 11.8 Å². The lowest BCUT2D eigenvalue weighted by Gasteiger charge is -2.33. The van der Waals surface area contributed by atoms with Gasteiger partial charge in [-0.1, -0.05) is 48.9 Å². The van der Waals surface area contributed by atoms with Crippen LogP contribution in [0.1, 0.15) is 49.0 Å². The number of hydrogen-bond acceptors (Lipinski definition) is 8. The fourth-order valence-electron chi connectivity index (χ4n) is 5.18. The van der Waals surface area contributed by atoms with Gasteiger partial charge in [-0.25, -0.2) is 0 Å². The maximum absolute atomic E-state index is 14.0. The summed E-state index contributed by atoms with van der Waals surface area (Å²) in [6, 6.07) is 10.8. The number of halogens is 1. The highest BCUT2D eigenvalue weighted by Gasteiger charge is 2.52. The van der Waals surface area contributed by atoms with Gasteiger partial charge >= 0.3 is 5.97 Å². The molecule has 1 aliphatic heterocycles. The lowest BCUT2D eigenvalue weighted by molar-refractivity contribution is -0.142. The molecule has 0 amide bonds. The van der Waals surface area contributed by atoms with E-state index in [-0.39, 0.29) is 59.5 Å². The van der Waals surface area contributed by atoms with Gasteiger partial charge in [0.15, 0.2) is 17.3 Å². The fraction of sp³-hybridized carbons (Fsp3) is 0.393. The van der Waals surface area contributed by atoms with E-state index in [9.17, 15) is 19.5 Å². The van der Waals surface area contributed by atoms with Gasteiger partial charge in [-0.05, 0) is 11.5 Å². The summed E-state index contributed by atoms with van der Waals surface area (Å²) in [6.45, 7) is 3.20. The summed E-state index contributed by atoms with van der Waals surface area (Å²) in [6.07, 6.45) is 0.658. The van der Waals surface area contributed by atoms with Crippen LogP contribution in [0, 0.1) is 11.8 Å². The number of rotatable bonds is 8. The van der Waals surface area contributed by atoms with Crippen LogP contribution in [-0.4, -0.2) is 43.5 Å². The van der Waals surface area contributed by atoms with Crippen molar-refractivity contribution in [2.45, 2.75) is 38.7 Å². The van der Waals surface area contributed by atoms with Gasteiger partial charge in [0.05, 0.1) is 26.7 Å². The Bertz CT molecular complexity index is 1270. The molecule has 9 heteroatoms. The monoisotopic (exact) mass is 528 g/mol. The van der Waals surface area contributed by atoms with E-state index in [1.165, 1.54) is 27.2 Å². The van der Waals surface area contributed by atoms with Crippen molar-refractivity contribution in [2.75, 3.05) is 20.8 Å². The van der Waals surface area contributed by atoms with Crippen LogP contribution in [0.4, 0.5) is 0 Å². The number of allylic oxidation sites excluding steroid dienone is 1. The molecular formula is C28H29ClO8. The Morgan fingerprint density at radius 1 is 1.16 bits per heavy atom. The van der Waals surface area contributed by atoms with Crippen LogP contribution >= 0.6 is 11.6 Å². The number of aromatic hydroxyl groups is 1. The van der Waals surface area contributed by atoms with Gasteiger partial charge in [0.1, 0.15) is 33.4 Å². The van der Waals surface area contributed by atoms with Crippen LogP contribution in [0.25, 0.3) is 0 Å². The molecule has 0 radical (unpaired) electrons. The standard InChI is InChI=1S/C28H29ClO8/c1-15-12-19(31)18-14-28(10-11-36-16(2)30,17-8-6-5-7-9-17)37-27(18)22(15)25(32)23-20(34-3)13-21(35-4)24(29)26(23)33/h5-9,13,15,22,33H,10-12,14H2,1-4H3. The molecule has 3 atom stereocenters. The van der Waals surface area contributed by atoms with Crippen molar-refractivity contribution in [3.8, 4) is 17.2 Å². The maximum Gasteiger partial charge on any atom is 0.302 e. The number of methoxy groups -OCH3 is 2. The van der Waals surface area contributed by atoms with Crippen LogP contribution < -0.4 is 9.47 Å². The topological polar surface area (TPSA) is 108 Å². The quantitative estimate of drug-likeness (QED) is 0.377. The number of hydrogen-bond donors (Lipinski definition) is 1. The number of phenolic OH excluding ortho intramolecular Hbond substituents is 1. The molecular weight excluding hydrogens is 500 g/mol. The molecule has 1 N–H and O–H groups in total. The predicted molar refractivity (Wildman–Crippen MR) is 135 cm³/mol. The predicted octanol–water partition coefficient (Wildman–Crippen LogP) is 4.99. The number of phenols is 1. The molecule has 37 heavy (non-hydrogen) atoms. The summed E-state index contributed by atoms with van der Waals surface area (Å²) in [7, 11) is 2.76. The molecule has 8 nitrogen and oxygen atoms in total. The van der Waals surface area contributed by atoms with Crippen molar-refractivity contribution in [3.63, 3.8) is 0 Å². The van der Waals surface area contributed by atoms with Crippen molar-refractivity contribution in [1.29, 1.82) is 0 Å². The number of benzene rings is 2. The van der Waals surface area contributed by atoms with Crippen molar-refractivity contribution in [3.05, 3.63) is 63.9 Å². The molecule has 196 valence electrons. The first kappa shape index (κ1) is 26.5. The molecule has 0 bridgehead atoms. The largest absolute Gasteiger partial charge is 0.505 e. The molecule has 2 aromatic rings. The minimum atomic E-state index is -0.997. The van der Waals surface area contributed by atoms with Gasteiger partial charge in [0.25, 0.3) is 0 Å². The van der Waals surface area contributed by atoms with Crippen molar-refractivity contribution < 1.29 is 38.4 Å². The first-order valence-electron chi connectivity index (χ1n) is 11.9. The second kappa shape index (κ2) is 10.5. The summed E-state index contributed by atoms with van der Waals surface area (Å²) in [5.74, 6) is -2.21. The number of carbonyl (C=O) groups is 3. The Balaban J connectivity index is 1.78. The van der Waals surface area contributed by atoms with E-state index in [0.29, 0.717) is 5.57 Å². The van der Waals surface area contributed by atoms with Crippen molar-refractivity contribution >= 4 is 29.1 Å². The van der Waals surface area contributed by atoms with E-state index in [1.54, 1.807) is 6.92 Å². The lowest BCUT2D eigenvalue weighted by Crippen LogP contribution is -2.33. The van der Waals surface area contributed by atoms with Gasteiger partial charge in [0, 0.05) is 37.8 Å². The zero-order valence-electron chi connectivity index (χ0n) is 21.1. The highest BCUT2D eigenvalue weighted by atomic mass is 35.5. The second-order valence-electron chi connectivity index (χ2n) is 9.34. The molecule has 0 saturated carbocycles. The van der Waals surface area contributed by atoms with Crippen LogP contribution in [0.15, 0.2) is 47.7 Å². The lowest BCUT2D eigenvalue weighted by atomic mass is 9.74. The Hall–Kier alpha value is -3.52. The molecule has 2 aliphatic rings. The first-order valence-corrected chi connectivity index (χ1v) is 12.3. The van der Waals surface area contributed by atoms with Gasteiger partial charge in [-0.15, -0.1) is 0 Å². The Labute approximate surface area is 220 Å². The van der Waals surface area contributed by atoms with E-state index in [0.717, 1.165) is 5.56 Å². The summed E-state index contributed by atoms with van der Waals surface area (Å²) >= 11 is 6.27. The van der Waals surface area contributed by atoms with E-state index < -0.39 is 34.9 Å². The van der Waals surface area contributed by atoms with Crippen LogP contribution in [0.3, 0.4) is 0 Å². The summed E-state index contributed by atoms with van der Waals surface area (Å²) < 4.78 is 22.4. The molecule has 2 aromatic carbocycles. The third kappa shape index (κ3) is 4.78. The molecule has 0 aromatic heterocycles. The second-order valence-corrected chi connectivity index (χ2v) is 9.72. The average molecular weight is 529 g/mol. The molecule has 0 spiro atoms. The molecule has 4 rings (SSSR count). The van der Waals surface area contributed by atoms with Gasteiger partial charge in [0.2, 0.25) is 0 Å². The fourth-order valence-corrected chi connectivity index (χ4v) is 5.41. The third-order valence-electron chi connectivity index (χ3n) is 7.01. The van der Waals surface area contributed by atoms with Crippen molar-refractivity contribution in [1.82, 2.24) is 0 Å². The average Bonchev–Trinajstić information content (AvgIpc) is 3.26. The Morgan fingerprint density at radius 2 is 1.84 bits per heavy atom. The maximum atomic E-state index is 14.0. The van der Waals surface area contributed by atoms with E-state index in [2.05, 4.69) is 0 Å². The van der Waals surface area contributed by atoms with Gasteiger partial charge < -0.3 is 24.1 Å². The molecule has 0 fully saturated rings.